The van der Waals surface area contributed by atoms with Crippen molar-refractivity contribution in [2.24, 2.45) is 11.7 Å². The first-order chi connectivity index (χ1) is 12.5. The highest BCUT2D eigenvalue weighted by atomic mass is 32.1. The predicted octanol–water partition coefficient (Wildman–Crippen LogP) is 2.73. The minimum Gasteiger partial charge on any atom is -0.351 e. The maximum Gasteiger partial charge on any atom is 0.316 e. The van der Waals surface area contributed by atoms with Crippen LogP contribution in [0.1, 0.15) is 22.5 Å². The van der Waals surface area contributed by atoms with Crippen molar-refractivity contribution in [1.82, 2.24) is 4.90 Å². The van der Waals surface area contributed by atoms with Gasteiger partial charge in [0.15, 0.2) is 0 Å². The fourth-order valence-corrected chi connectivity index (χ4v) is 3.65. The summed E-state index contributed by atoms with van der Waals surface area (Å²) in [5, 5.41) is 7.20. The standard InChI is InChI=1S/C18H20N4O3S/c19-18(25)21-14-7-5-13(6-8-14)20-16(23)12-3-1-9-22(11-12)17(24)15-4-2-10-26-15/h2,4-8,10,12H,1,3,9,11H2,(H,20,23)(H3,19,21,25). The van der Waals surface area contributed by atoms with E-state index in [4.69, 9.17) is 5.73 Å². The molecule has 2 heterocycles. The van der Waals surface area contributed by atoms with Gasteiger partial charge in [-0.15, -0.1) is 11.3 Å². The Bertz CT molecular complexity index is 789. The van der Waals surface area contributed by atoms with Crippen LogP contribution in [0.25, 0.3) is 0 Å². The minimum absolute atomic E-state index is 0.0145. The number of primary amides is 1. The summed E-state index contributed by atoms with van der Waals surface area (Å²) in [5.41, 5.74) is 6.25. The highest BCUT2D eigenvalue weighted by Gasteiger charge is 2.29. The van der Waals surface area contributed by atoms with E-state index in [0.717, 1.165) is 12.8 Å². The molecule has 26 heavy (non-hydrogen) atoms. The number of rotatable bonds is 4. The molecule has 0 radical (unpaired) electrons. The van der Waals surface area contributed by atoms with Gasteiger partial charge < -0.3 is 21.3 Å². The summed E-state index contributed by atoms with van der Waals surface area (Å²) >= 11 is 1.41. The van der Waals surface area contributed by atoms with Gasteiger partial charge in [0.1, 0.15) is 0 Å². The SMILES string of the molecule is NC(=O)Nc1ccc(NC(=O)C2CCCN(C(=O)c3cccs3)C2)cc1. The van der Waals surface area contributed by atoms with Crippen LogP contribution in [0.3, 0.4) is 0 Å². The molecule has 1 aliphatic heterocycles. The van der Waals surface area contributed by atoms with Crippen LogP contribution in [0.4, 0.5) is 16.2 Å². The van der Waals surface area contributed by atoms with Gasteiger partial charge in [-0.3, -0.25) is 9.59 Å². The van der Waals surface area contributed by atoms with Crippen LogP contribution in [0, 0.1) is 5.92 Å². The van der Waals surface area contributed by atoms with Crippen molar-refractivity contribution in [3.63, 3.8) is 0 Å². The van der Waals surface area contributed by atoms with Crippen molar-refractivity contribution in [3.8, 4) is 0 Å². The number of benzene rings is 1. The Morgan fingerprint density at radius 3 is 2.38 bits per heavy atom. The van der Waals surface area contributed by atoms with E-state index in [-0.39, 0.29) is 17.7 Å². The maximum absolute atomic E-state index is 12.5. The molecule has 8 heteroatoms. The van der Waals surface area contributed by atoms with Gasteiger partial charge in [-0.1, -0.05) is 6.07 Å². The summed E-state index contributed by atoms with van der Waals surface area (Å²) in [7, 11) is 0. The van der Waals surface area contributed by atoms with E-state index >= 15 is 0 Å². The summed E-state index contributed by atoms with van der Waals surface area (Å²) < 4.78 is 0. The van der Waals surface area contributed by atoms with Crippen LogP contribution in [0.15, 0.2) is 41.8 Å². The lowest BCUT2D eigenvalue weighted by Gasteiger charge is -2.31. The summed E-state index contributed by atoms with van der Waals surface area (Å²) in [4.78, 5) is 38.3. The van der Waals surface area contributed by atoms with Crippen LogP contribution in [0.2, 0.25) is 0 Å². The molecule has 1 unspecified atom stereocenters. The molecular formula is C18H20N4O3S. The van der Waals surface area contributed by atoms with E-state index in [1.165, 1.54) is 11.3 Å². The number of hydrogen-bond acceptors (Lipinski definition) is 4. The van der Waals surface area contributed by atoms with E-state index in [0.29, 0.717) is 29.3 Å². The van der Waals surface area contributed by atoms with Crippen molar-refractivity contribution in [2.45, 2.75) is 12.8 Å². The first-order valence-corrected chi connectivity index (χ1v) is 9.21. The van der Waals surface area contributed by atoms with Gasteiger partial charge in [0.25, 0.3) is 5.91 Å². The second-order valence-corrected chi connectivity index (χ2v) is 7.07. The lowest BCUT2D eigenvalue weighted by Crippen LogP contribution is -2.43. The van der Waals surface area contributed by atoms with E-state index < -0.39 is 6.03 Å². The van der Waals surface area contributed by atoms with Crippen LogP contribution in [-0.2, 0) is 4.79 Å². The van der Waals surface area contributed by atoms with E-state index in [9.17, 15) is 14.4 Å². The number of piperidine rings is 1. The molecule has 1 aromatic heterocycles. The molecule has 1 aliphatic rings. The van der Waals surface area contributed by atoms with Gasteiger partial charge in [0.2, 0.25) is 5.91 Å². The molecule has 136 valence electrons. The Morgan fingerprint density at radius 2 is 1.77 bits per heavy atom. The third-order valence-corrected chi connectivity index (χ3v) is 5.09. The maximum atomic E-state index is 12.5. The Labute approximate surface area is 155 Å². The first-order valence-electron chi connectivity index (χ1n) is 8.33. The molecule has 0 saturated carbocycles. The number of carbonyl (C=O) groups excluding carboxylic acids is 3. The molecule has 4 amide bonds. The number of urea groups is 1. The summed E-state index contributed by atoms with van der Waals surface area (Å²) in [6.45, 7) is 1.10. The molecule has 3 rings (SSSR count). The molecule has 0 spiro atoms. The van der Waals surface area contributed by atoms with Crippen molar-refractivity contribution >= 4 is 40.6 Å². The summed E-state index contributed by atoms with van der Waals surface area (Å²) in [5.74, 6) is -0.361. The molecule has 2 aromatic rings. The fraction of sp³-hybridized carbons (Fsp3) is 0.278. The largest absolute Gasteiger partial charge is 0.351 e. The Morgan fingerprint density at radius 1 is 1.08 bits per heavy atom. The number of nitrogens with one attached hydrogen (secondary N) is 2. The third kappa shape index (κ3) is 4.40. The molecule has 0 bridgehead atoms. The predicted molar refractivity (Wildman–Crippen MR) is 101 cm³/mol. The highest BCUT2D eigenvalue weighted by Crippen LogP contribution is 2.22. The van der Waals surface area contributed by atoms with Gasteiger partial charge in [-0.05, 0) is 48.6 Å². The van der Waals surface area contributed by atoms with Gasteiger partial charge in [-0.25, -0.2) is 4.79 Å². The molecule has 4 N–H and O–H groups in total. The number of amides is 4. The normalized spacial score (nSPS) is 16.8. The van der Waals surface area contributed by atoms with Gasteiger partial charge in [0.05, 0.1) is 10.8 Å². The van der Waals surface area contributed by atoms with Gasteiger partial charge >= 0.3 is 6.03 Å². The Kier molecular flexibility index (Phi) is 5.52. The number of hydrogen-bond donors (Lipinski definition) is 3. The number of nitrogens with two attached hydrogens (primary N) is 1. The lowest BCUT2D eigenvalue weighted by molar-refractivity contribution is -0.121. The molecule has 1 saturated heterocycles. The smallest absolute Gasteiger partial charge is 0.316 e. The average molecular weight is 372 g/mol. The first kappa shape index (κ1) is 17.9. The molecular weight excluding hydrogens is 352 g/mol. The lowest BCUT2D eigenvalue weighted by atomic mass is 9.97. The van der Waals surface area contributed by atoms with Gasteiger partial charge in [0, 0.05) is 24.5 Å². The van der Waals surface area contributed by atoms with Crippen molar-refractivity contribution in [2.75, 3.05) is 23.7 Å². The Hall–Kier alpha value is -2.87. The van der Waals surface area contributed by atoms with E-state index in [2.05, 4.69) is 10.6 Å². The average Bonchev–Trinajstić information content (AvgIpc) is 3.17. The number of likely N-dealkylation sites (tertiary alicyclic amines) is 1. The molecule has 1 atom stereocenters. The number of thiophene rings is 1. The second-order valence-electron chi connectivity index (χ2n) is 6.12. The zero-order valence-corrected chi connectivity index (χ0v) is 14.9. The monoisotopic (exact) mass is 372 g/mol. The highest BCUT2D eigenvalue weighted by molar-refractivity contribution is 7.12. The van der Waals surface area contributed by atoms with Crippen LogP contribution in [0.5, 0.6) is 0 Å². The summed E-state index contributed by atoms with van der Waals surface area (Å²) in [6, 6.07) is 9.73. The molecule has 1 aromatic carbocycles. The molecule has 7 nitrogen and oxygen atoms in total. The van der Waals surface area contributed by atoms with Crippen LogP contribution < -0.4 is 16.4 Å². The quantitative estimate of drug-likeness (QED) is 0.768. The molecule has 1 fully saturated rings. The number of anilines is 2. The van der Waals surface area contributed by atoms with E-state index in [1.54, 1.807) is 35.2 Å². The summed E-state index contributed by atoms with van der Waals surface area (Å²) in [6.07, 6.45) is 1.55. The zero-order chi connectivity index (χ0) is 18.5. The third-order valence-electron chi connectivity index (χ3n) is 4.23. The van der Waals surface area contributed by atoms with Crippen molar-refractivity contribution in [3.05, 3.63) is 46.7 Å². The van der Waals surface area contributed by atoms with Crippen LogP contribution in [-0.4, -0.2) is 35.8 Å². The van der Waals surface area contributed by atoms with Gasteiger partial charge in [-0.2, -0.15) is 0 Å². The second kappa shape index (κ2) is 8.01. The van der Waals surface area contributed by atoms with Crippen molar-refractivity contribution < 1.29 is 14.4 Å². The van der Waals surface area contributed by atoms with E-state index in [1.807, 2.05) is 11.4 Å². The topological polar surface area (TPSA) is 105 Å². The molecule has 0 aliphatic carbocycles. The number of nitrogens with zero attached hydrogens (tertiary/aromatic N) is 1. The van der Waals surface area contributed by atoms with Crippen LogP contribution >= 0.6 is 11.3 Å². The Balaban J connectivity index is 1.59. The fourth-order valence-electron chi connectivity index (χ4n) is 2.96. The minimum atomic E-state index is -0.639. The zero-order valence-electron chi connectivity index (χ0n) is 14.1. The van der Waals surface area contributed by atoms with Crippen molar-refractivity contribution in [1.29, 1.82) is 0 Å². The number of carbonyl (C=O) groups is 3.